The number of benzene rings is 2. The molecule has 0 saturated carbocycles. The molecule has 3 rings (SSSR count). The van der Waals surface area contributed by atoms with Crippen molar-refractivity contribution >= 4 is 34.4 Å². The van der Waals surface area contributed by atoms with Crippen LogP contribution < -0.4 is 14.8 Å². The molecule has 0 heterocycles. The number of methoxy groups -OCH3 is 1. The van der Waals surface area contributed by atoms with E-state index >= 15 is 0 Å². The monoisotopic (exact) mass is 696 g/mol. The Balaban J connectivity index is 2.02. The highest BCUT2D eigenvalue weighted by atomic mass is 127. The summed E-state index contributed by atoms with van der Waals surface area (Å²) in [5, 5.41) is 33.1. The predicted octanol–water partition coefficient (Wildman–Crippen LogP) is 3.62. The van der Waals surface area contributed by atoms with Gasteiger partial charge >= 0.3 is 0 Å². The number of halogens is 2. The van der Waals surface area contributed by atoms with Gasteiger partial charge in [-0.2, -0.15) is 0 Å². The summed E-state index contributed by atoms with van der Waals surface area (Å²) in [4.78, 5) is 28.1. The van der Waals surface area contributed by atoms with Gasteiger partial charge in [0.1, 0.15) is 18.0 Å². The van der Waals surface area contributed by atoms with Crippen LogP contribution in [-0.4, -0.2) is 70.5 Å². The van der Waals surface area contributed by atoms with E-state index in [1.54, 1.807) is 36.4 Å². The molecule has 228 valence electrons. The first-order valence-electron chi connectivity index (χ1n) is 13.8. The maximum absolute atomic E-state index is 14.8. The van der Waals surface area contributed by atoms with Crippen LogP contribution in [-0.2, 0) is 22.7 Å². The lowest BCUT2D eigenvalue weighted by molar-refractivity contribution is -0.139. The van der Waals surface area contributed by atoms with Gasteiger partial charge in [0, 0.05) is 37.1 Å². The van der Waals surface area contributed by atoms with E-state index in [-0.39, 0.29) is 56.2 Å². The zero-order chi connectivity index (χ0) is 30.6. The van der Waals surface area contributed by atoms with Gasteiger partial charge in [-0.25, -0.2) is 4.39 Å². The van der Waals surface area contributed by atoms with Crippen molar-refractivity contribution in [3.8, 4) is 11.5 Å². The van der Waals surface area contributed by atoms with Crippen LogP contribution in [0.4, 0.5) is 4.39 Å². The number of carbonyl (C=O) groups excluding carboxylic acids is 2. The van der Waals surface area contributed by atoms with Crippen molar-refractivity contribution in [2.45, 2.75) is 63.5 Å². The zero-order valence-electron chi connectivity index (χ0n) is 23.6. The maximum Gasteiger partial charge on any atom is 0.247 e. The minimum Gasteiger partial charge on any atom is -0.493 e. The van der Waals surface area contributed by atoms with Gasteiger partial charge in [-0.1, -0.05) is 24.3 Å². The fraction of sp³-hybridized carbons (Fsp3) is 0.419. The molecule has 2 aromatic rings. The SMILES string of the molecule is C=CCCCCC(=O)N(Cc1ccccc1F)C1CC(C(=O)NCCO)=CC(Oc2c(I)cc(CO)cc2OC)C1O. The average molecular weight is 697 g/mol. The highest BCUT2D eigenvalue weighted by molar-refractivity contribution is 14.1. The second kappa shape index (κ2) is 16.6. The summed E-state index contributed by atoms with van der Waals surface area (Å²) in [6.45, 7) is 3.14. The molecule has 0 aromatic heterocycles. The Labute approximate surface area is 259 Å². The lowest BCUT2D eigenvalue weighted by atomic mass is 9.87. The molecule has 42 heavy (non-hydrogen) atoms. The molecule has 0 radical (unpaired) electrons. The van der Waals surface area contributed by atoms with E-state index in [0.29, 0.717) is 27.1 Å². The largest absolute Gasteiger partial charge is 0.493 e. The van der Waals surface area contributed by atoms with Gasteiger partial charge in [0.2, 0.25) is 11.8 Å². The van der Waals surface area contributed by atoms with E-state index in [2.05, 4.69) is 11.9 Å². The molecule has 0 bridgehead atoms. The molecule has 1 aliphatic carbocycles. The van der Waals surface area contributed by atoms with Crippen molar-refractivity contribution in [3.63, 3.8) is 0 Å². The second-order valence-corrected chi connectivity index (χ2v) is 11.1. The Kier molecular flexibility index (Phi) is 13.2. The first-order chi connectivity index (χ1) is 20.2. The molecule has 9 nitrogen and oxygen atoms in total. The Hall–Kier alpha value is -3.00. The zero-order valence-corrected chi connectivity index (χ0v) is 25.8. The minimum atomic E-state index is -1.29. The van der Waals surface area contributed by atoms with Gasteiger partial charge in [0.05, 0.1) is 29.9 Å². The summed E-state index contributed by atoms with van der Waals surface area (Å²) in [7, 11) is 1.45. The summed E-state index contributed by atoms with van der Waals surface area (Å²) in [6, 6.07) is 8.51. The van der Waals surface area contributed by atoms with Gasteiger partial charge < -0.3 is 35.0 Å². The number of allylic oxidation sites excluding steroid dienone is 1. The van der Waals surface area contributed by atoms with E-state index in [1.807, 2.05) is 22.6 Å². The van der Waals surface area contributed by atoms with Gasteiger partial charge in [-0.3, -0.25) is 9.59 Å². The second-order valence-electron chi connectivity index (χ2n) is 9.93. The lowest BCUT2D eigenvalue weighted by Crippen LogP contribution is -2.54. The highest BCUT2D eigenvalue weighted by Gasteiger charge is 2.41. The van der Waals surface area contributed by atoms with Crippen LogP contribution in [0, 0.1) is 9.39 Å². The predicted molar refractivity (Wildman–Crippen MR) is 164 cm³/mol. The van der Waals surface area contributed by atoms with Crippen LogP contribution in [0.2, 0.25) is 0 Å². The van der Waals surface area contributed by atoms with Crippen LogP contribution in [0.15, 0.2) is 60.7 Å². The maximum atomic E-state index is 14.8. The molecule has 11 heteroatoms. The first kappa shape index (κ1) is 33.5. The van der Waals surface area contributed by atoms with E-state index in [9.17, 15) is 29.3 Å². The molecule has 0 spiro atoms. The number of aliphatic hydroxyl groups is 3. The summed E-state index contributed by atoms with van der Waals surface area (Å²) in [5.41, 5.74) is 1.13. The number of amides is 2. The molecular formula is C31H38FIN2O7. The van der Waals surface area contributed by atoms with E-state index < -0.39 is 30.0 Å². The fourth-order valence-corrected chi connectivity index (χ4v) is 5.60. The van der Waals surface area contributed by atoms with Crippen molar-refractivity contribution in [3.05, 3.63) is 81.2 Å². The van der Waals surface area contributed by atoms with Gasteiger partial charge in [0.15, 0.2) is 11.5 Å². The summed E-state index contributed by atoms with van der Waals surface area (Å²) < 4.78 is 27.1. The molecule has 4 N–H and O–H groups in total. The molecule has 0 saturated heterocycles. The topological polar surface area (TPSA) is 129 Å². The number of aliphatic hydroxyl groups excluding tert-OH is 3. The number of carbonyl (C=O) groups is 2. The Morgan fingerprint density at radius 1 is 1.24 bits per heavy atom. The number of ether oxygens (including phenoxy) is 2. The van der Waals surface area contributed by atoms with Crippen LogP contribution >= 0.6 is 22.6 Å². The Morgan fingerprint density at radius 3 is 2.67 bits per heavy atom. The number of rotatable bonds is 15. The number of hydrogen-bond acceptors (Lipinski definition) is 7. The number of unbranched alkanes of at least 4 members (excludes halogenated alkanes) is 2. The number of nitrogens with zero attached hydrogens (tertiary/aromatic N) is 1. The van der Waals surface area contributed by atoms with Crippen molar-refractivity contribution < 1.29 is 38.8 Å². The molecule has 3 unspecified atom stereocenters. The molecular weight excluding hydrogens is 658 g/mol. The average Bonchev–Trinajstić information content (AvgIpc) is 2.99. The van der Waals surface area contributed by atoms with Crippen LogP contribution in [0.25, 0.3) is 0 Å². The number of nitrogens with one attached hydrogen (secondary N) is 1. The third-order valence-corrected chi connectivity index (χ3v) is 7.81. The quantitative estimate of drug-likeness (QED) is 0.127. The molecule has 2 amide bonds. The number of hydrogen-bond donors (Lipinski definition) is 4. The van der Waals surface area contributed by atoms with Crippen LogP contribution in [0.1, 0.15) is 43.2 Å². The van der Waals surface area contributed by atoms with E-state index in [4.69, 9.17) is 9.47 Å². The van der Waals surface area contributed by atoms with Crippen LogP contribution in [0.3, 0.4) is 0 Å². The van der Waals surface area contributed by atoms with Gasteiger partial charge in [0.25, 0.3) is 0 Å². The summed E-state index contributed by atoms with van der Waals surface area (Å²) in [5.74, 6) is -0.637. The minimum absolute atomic E-state index is 0.0111. The van der Waals surface area contributed by atoms with Crippen molar-refractivity contribution in [1.82, 2.24) is 10.2 Å². The molecule has 1 aliphatic rings. The van der Waals surface area contributed by atoms with Crippen molar-refractivity contribution in [2.24, 2.45) is 0 Å². The summed E-state index contributed by atoms with van der Waals surface area (Å²) in [6.07, 6.45) is 3.13. The Morgan fingerprint density at radius 2 is 2.00 bits per heavy atom. The van der Waals surface area contributed by atoms with E-state index in [0.717, 1.165) is 12.8 Å². The molecule has 2 aromatic carbocycles. The summed E-state index contributed by atoms with van der Waals surface area (Å²) >= 11 is 2.03. The Bertz CT molecular complexity index is 1270. The highest BCUT2D eigenvalue weighted by Crippen LogP contribution is 2.37. The van der Waals surface area contributed by atoms with Crippen molar-refractivity contribution in [2.75, 3.05) is 20.3 Å². The normalized spacial score (nSPS) is 18.1. The molecule has 0 fully saturated rings. The molecule has 0 aliphatic heterocycles. The van der Waals surface area contributed by atoms with Gasteiger partial charge in [-0.05, 0) is 71.7 Å². The third-order valence-electron chi connectivity index (χ3n) is 7.01. The third kappa shape index (κ3) is 8.76. The van der Waals surface area contributed by atoms with Crippen molar-refractivity contribution in [1.29, 1.82) is 0 Å². The van der Waals surface area contributed by atoms with Gasteiger partial charge in [-0.15, -0.1) is 6.58 Å². The molecule has 3 atom stereocenters. The fourth-order valence-electron chi connectivity index (χ4n) is 4.80. The van der Waals surface area contributed by atoms with E-state index in [1.165, 1.54) is 24.2 Å². The standard InChI is InChI=1S/C31H38FIN2O7/c1-3-4-5-6-11-28(38)35(18-21-9-7-8-10-23(21)32)25-16-22(31(40)34-12-13-36)17-26(29(25)39)42-30-24(33)14-20(19-37)15-27(30)41-2/h3,7-10,14-15,17,25-26,29,36-37,39H,1,4-6,11-13,16,18-19H2,2H3,(H,34,40). The smallest absolute Gasteiger partial charge is 0.247 e. The first-order valence-corrected chi connectivity index (χ1v) is 14.9. The van der Waals surface area contributed by atoms with Crippen LogP contribution in [0.5, 0.6) is 11.5 Å². The lowest BCUT2D eigenvalue weighted by Gasteiger charge is -2.41.